The van der Waals surface area contributed by atoms with Crippen LogP contribution in [0.25, 0.3) is 0 Å². The average Bonchev–Trinajstić information content (AvgIpc) is 2.12. The second kappa shape index (κ2) is 11.7. The van der Waals surface area contributed by atoms with Gasteiger partial charge >= 0.3 is 23.9 Å². The zero-order chi connectivity index (χ0) is 13.1. The fourth-order valence-electron chi connectivity index (χ4n) is 0.285. The summed E-state index contributed by atoms with van der Waals surface area (Å²) in [5.74, 6) is -5.03. The Kier molecular flexibility index (Phi) is 13.9. The van der Waals surface area contributed by atoms with Gasteiger partial charge in [0.25, 0.3) is 0 Å². The summed E-state index contributed by atoms with van der Waals surface area (Å²) < 4.78 is 0. The van der Waals surface area contributed by atoms with Crippen LogP contribution in [0.3, 0.4) is 0 Å². The maximum Gasteiger partial charge on any atom is 0.328 e. The first-order chi connectivity index (χ1) is 7.25. The smallest absolute Gasteiger partial charge is 0.328 e. The van der Waals surface area contributed by atoms with Gasteiger partial charge in [-0.1, -0.05) is 0 Å². The SMILES string of the molecule is Cl.O=C(O)/C=C/C(=O)O.O=C(O)/C=C\C(=O)O. The van der Waals surface area contributed by atoms with Crippen molar-refractivity contribution in [2.45, 2.75) is 0 Å². The minimum absolute atomic E-state index is 0. The van der Waals surface area contributed by atoms with Crippen molar-refractivity contribution < 1.29 is 39.6 Å². The van der Waals surface area contributed by atoms with E-state index in [0.717, 1.165) is 0 Å². The van der Waals surface area contributed by atoms with Crippen molar-refractivity contribution in [1.29, 1.82) is 0 Å². The Morgan fingerprint density at radius 3 is 0.706 bits per heavy atom. The highest BCUT2D eigenvalue weighted by Gasteiger charge is 1.88. The molecule has 9 heteroatoms. The van der Waals surface area contributed by atoms with Gasteiger partial charge in [0.05, 0.1) is 0 Å². The second-order valence-corrected chi connectivity index (χ2v) is 2.02. The molecular formula is C8H9ClO8. The molecule has 17 heavy (non-hydrogen) atoms. The van der Waals surface area contributed by atoms with E-state index in [9.17, 15) is 19.2 Å². The van der Waals surface area contributed by atoms with Gasteiger partial charge < -0.3 is 20.4 Å². The molecule has 0 aromatic heterocycles. The summed E-state index contributed by atoms with van der Waals surface area (Å²) in [6.45, 7) is 0. The van der Waals surface area contributed by atoms with Gasteiger partial charge in [0.1, 0.15) is 0 Å². The highest BCUT2D eigenvalue weighted by atomic mass is 35.5. The van der Waals surface area contributed by atoms with Crippen molar-refractivity contribution in [3.05, 3.63) is 24.3 Å². The number of carboxylic acid groups (broad SMARTS) is 4. The molecule has 0 unspecified atom stereocenters. The zero-order valence-corrected chi connectivity index (χ0v) is 8.96. The predicted molar refractivity (Wildman–Crippen MR) is 56.1 cm³/mol. The first-order valence-corrected chi connectivity index (χ1v) is 3.53. The van der Waals surface area contributed by atoms with Gasteiger partial charge in [0, 0.05) is 24.3 Å². The summed E-state index contributed by atoms with van der Waals surface area (Å²) in [7, 11) is 0. The second-order valence-electron chi connectivity index (χ2n) is 2.02. The molecule has 0 fully saturated rings. The van der Waals surface area contributed by atoms with Gasteiger partial charge in [0.15, 0.2) is 0 Å². The third-order valence-electron chi connectivity index (χ3n) is 0.737. The minimum Gasteiger partial charge on any atom is -0.478 e. The summed E-state index contributed by atoms with van der Waals surface area (Å²) in [4.78, 5) is 38.2. The normalized spacial score (nSPS) is 8.94. The van der Waals surface area contributed by atoms with E-state index in [1.807, 2.05) is 0 Å². The Bertz CT molecular complexity index is 277. The maximum atomic E-state index is 9.55. The highest BCUT2D eigenvalue weighted by molar-refractivity contribution is 5.90. The lowest BCUT2D eigenvalue weighted by atomic mass is 10.5. The lowest BCUT2D eigenvalue weighted by Gasteiger charge is -1.74. The van der Waals surface area contributed by atoms with Crippen LogP contribution in [-0.2, 0) is 19.2 Å². The van der Waals surface area contributed by atoms with E-state index in [4.69, 9.17) is 20.4 Å². The monoisotopic (exact) mass is 268 g/mol. The van der Waals surface area contributed by atoms with Gasteiger partial charge in [-0.2, -0.15) is 0 Å². The van der Waals surface area contributed by atoms with E-state index >= 15 is 0 Å². The Morgan fingerprint density at radius 1 is 0.529 bits per heavy atom. The van der Waals surface area contributed by atoms with Crippen LogP contribution in [0.4, 0.5) is 0 Å². The molecule has 0 radical (unpaired) electrons. The largest absolute Gasteiger partial charge is 0.478 e. The molecule has 0 aromatic carbocycles. The molecule has 8 nitrogen and oxygen atoms in total. The fraction of sp³-hybridized carbons (Fsp3) is 0. The fourth-order valence-corrected chi connectivity index (χ4v) is 0.285. The lowest BCUT2D eigenvalue weighted by Crippen LogP contribution is -1.91. The van der Waals surface area contributed by atoms with Gasteiger partial charge in [-0.05, 0) is 0 Å². The van der Waals surface area contributed by atoms with Crippen molar-refractivity contribution >= 4 is 36.3 Å². The summed E-state index contributed by atoms with van der Waals surface area (Å²) in [5.41, 5.74) is 0. The molecule has 0 aliphatic heterocycles. The molecule has 0 bridgehead atoms. The van der Waals surface area contributed by atoms with Crippen molar-refractivity contribution in [2.75, 3.05) is 0 Å². The van der Waals surface area contributed by atoms with Crippen molar-refractivity contribution in [2.24, 2.45) is 0 Å². The van der Waals surface area contributed by atoms with Crippen LogP contribution >= 0.6 is 12.4 Å². The number of carboxylic acids is 4. The van der Waals surface area contributed by atoms with Gasteiger partial charge in [-0.15, -0.1) is 12.4 Å². The predicted octanol–water partition coefficient (Wildman–Crippen LogP) is -0.155. The molecule has 0 aromatic rings. The summed E-state index contributed by atoms with van der Waals surface area (Å²) in [5, 5.41) is 31.2. The van der Waals surface area contributed by atoms with Crippen LogP contribution in [0.2, 0.25) is 0 Å². The van der Waals surface area contributed by atoms with Crippen LogP contribution in [0, 0.1) is 0 Å². The summed E-state index contributed by atoms with van der Waals surface area (Å²) in [6, 6.07) is 0. The third-order valence-corrected chi connectivity index (χ3v) is 0.737. The number of aliphatic carboxylic acids is 4. The number of halogens is 1. The van der Waals surface area contributed by atoms with Crippen LogP contribution in [0.5, 0.6) is 0 Å². The number of rotatable bonds is 4. The molecule has 0 aliphatic rings. The van der Waals surface area contributed by atoms with Crippen molar-refractivity contribution in [1.82, 2.24) is 0 Å². The Morgan fingerprint density at radius 2 is 0.647 bits per heavy atom. The highest BCUT2D eigenvalue weighted by Crippen LogP contribution is 1.71. The van der Waals surface area contributed by atoms with E-state index < -0.39 is 23.9 Å². The average molecular weight is 269 g/mol. The molecule has 4 N–H and O–H groups in total. The zero-order valence-electron chi connectivity index (χ0n) is 8.14. The van der Waals surface area contributed by atoms with Crippen molar-refractivity contribution in [3.8, 4) is 0 Å². The first-order valence-electron chi connectivity index (χ1n) is 3.53. The third kappa shape index (κ3) is 31.7. The molecule has 0 spiro atoms. The minimum atomic E-state index is -1.26. The van der Waals surface area contributed by atoms with Gasteiger partial charge in [0.2, 0.25) is 0 Å². The van der Waals surface area contributed by atoms with E-state index in [-0.39, 0.29) is 12.4 Å². The van der Waals surface area contributed by atoms with Crippen LogP contribution in [0.15, 0.2) is 24.3 Å². The molecule has 0 rings (SSSR count). The van der Waals surface area contributed by atoms with Crippen molar-refractivity contribution in [3.63, 3.8) is 0 Å². The van der Waals surface area contributed by atoms with E-state index in [1.165, 1.54) is 0 Å². The molecule has 96 valence electrons. The van der Waals surface area contributed by atoms with E-state index in [1.54, 1.807) is 0 Å². The molecule has 0 saturated carbocycles. The van der Waals surface area contributed by atoms with E-state index in [0.29, 0.717) is 24.3 Å². The summed E-state index contributed by atoms with van der Waals surface area (Å²) >= 11 is 0. The molecule has 0 atom stereocenters. The number of hydrogen-bond donors (Lipinski definition) is 4. The molecule has 0 saturated heterocycles. The van der Waals surface area contributed by atoms with E-state index in [2.05, 4.69) is 0 Å². The molecular weight excluding hydrogens is 260 g/mol. The van der Waals surface area contributed by atoms with Gasteiger partial charge in [-0.25, -0.2) is 19.2 Å². The lowest BCUT2D eigenvalue weighted by molar-refractivity contribution is -0.134. The van der Waals surface area contributed by atoms with Crippen LogP contribution in [-0.4, -0.2) is 44.3 Å². The Balaban J connectivity index is -0.000000218. The summed E-state index contributed by atoms with van der Waals surface area (Å²) in [6.07, 6.45) is 2.23. The maximum absolute atomic E-state index is 9.55. The topological polar surface area (TPSA) is 149 Å². The Hall–Kier alpha value is -2.35. The number of hydrogen-bond acceptors (Lipinski definition) is 4. The van der Waals surface area contributed by atoms with Crippen LogP contribution in [0.1, 0.15) is 0 Å². The van der Waals surface area contributed by atoms with Crippen LogP contribution < -0.4 is 0 Å². The quantitative estimate of drug-likeness (QED) is 0.514. The molecule has 0 heterocycles. The molecule has 0 amide bonds. The Labute approximate surface area is 101 Å². The first kappa shape index (κ1) is 20.1. The van der Waals surface area contributed by atoms with Gasteiger partial charge in [-0.3, -0.25) is 0 Å². The standard InChI is InChI=1S/2C4H4O4.ClH/c2*5-3(6)1-2-4(7)8;/h2*1-2H,(H,5,6)(H,7,8);1H/b2-1+;2-1-;. The molecule has 0 aliphatic carbocycles. The number of carbonyl (C=O) groups is 4.